The topological polar surface area (TPSA) is 40.6 Å². The summed E-state index contributed by atoms with van der Waals surface area (Å²) in [5, 5.41) is 0. The molecule has 0 spiro atoms. The Kier molecular flexibility index (Phi) is 8.56. The lowest BCUT2D eigenvalue weighted by Crippen LogP contribution is -2.56. The maximum Gasteiger partial charge on any atom is 0.182 e. The molecule has 2 atom stereocenters. The number of hydrogen-bond donors (Lipinski definition) is 0. The Labute approximate surface area is 213 Å². The van der Waals surface area contributed by atoms with Crippen LogP contribution in [0.4, 0.5) is 0 Å². The Hall–Kier alpha value is -3.86. The maximum atomic E-state index is 14.1. The van der Waals surface area contributed by atoms with Crippen LogP contribution in [0.2, 0.25) is 0 Å². The molecule has 0 radical (unpaired) electrons. The Balaban J connectivity index is 1.77. The number of nitrogens with zero attached hydrogens (tertiary/aromatic N) is 2. The summed E-state index contributed by atoms with van der Waals surface area (Å²) in [4.78, 5) is 32.2. The summed E-state index contributed by atoms with van der Waals surface area (Å²) in [6.07, 6.45) is 0. The molecule has 0 saturated carbocycles. The summed E-state index contributed by atoms with van der Waals surface area (Å²) in [6.45, 7) is 1.09. The lowest BCUT2D eigenvalue weighted by Gasteiger charge is -2.38. The number of ketones is 2. The highest BCUT2D eigenvalue weighted by Crippen LogP contribution is 2.23. The molecule has 0 saturated heterocycles. The molecule has 4 rings (SSSR count). The first-order valence-electron chi connectivity index (χ1n) is 12.2. The maximum absolute atomic E-state index is 14.1. The van der Waals surface area contributed by atoms with Crippen molar-refractivity contribution in [3.8, 4) is 0 Å². The molecular formula is C32H32N2O2. The first-order valence-corrected chi connectivity index (χ1v) is 12.2. The van der Waals surface area contributed by atoms with Crippen LogP contribution in [0.15, 0.2) is 121 Å². The van der Waals surface area contributed by atoms with Crippen LogP contribution in [0.1, 0.15) is 31.8 Å². The van der Waals surface area contributed by atoms with Crippen molar-refractivity contribution in [2.24, 2.45) is 0 Å². The first kappa shape index (κ1) is 25.2. The van der Waals surface area contributed by atoms with Crippen molar-refractivity contribution in [1.29, 1.82) is 0 Å². The number of likely N-dealkylation sites (N-methyl/N-ethyl adjacent to an activating group) is 2. The van der Waals surface area contributed by atoms with Gasteiger partial charge in [0.05, 0.1) is 12.1 Å². The second-order valence-corrected chi connectivity index (χ2v) is 9.15. The molecule has 4 nitrogen and oxygen atoms in total. The molecule has 0 N–H and O–H groups in total. The second-order valence-electron chi connectivity index (χ2n) is 9.15. The van der Waals surface area contributed by atoms with Crippen LogP contribution in [0.3, 0.4) is 0 Å². The van der Waals surface area contributed by atoms with Crippen LogP contribution in [-0.4, -0.2) is 47.5 Å². The lowest BCUT2D eigenvalue weighted by atomic mass is 9.89. The van der Waals surface area contributed by atoms with Crippen molar-refractivity contribution in [2.45, 2.75) is 25.2 Å². The lowest BCUT2D eigenvalue weighted by molar-refractivity contribution is 0.0541. The summed E-state index contributed by atoms with van der Waals surface area (Å²) < 4.78 is 0. The predicted octanol–water partition coefficient (Wildman–Crippen LogP) is 5.75. The van der Waals surface area contributed by atoms with Gasteiger partial charge in [-0.2, -0.15) is 0 Å². The Morgan fingerprint density at radius 2 is 0.778 bits per heavy atom. The summed E-state index contributed by atoms with van der Waals surface area (Å²) in [5.74, 6) is -0.133. The Morgan fingerprint density at radius 1 is 0.500 bits per heavy atom. The fourth-order valence-corrected chi connectivity index (χ4v) is 4.66. The van der Waals surface area contributed by atoms with Gasteiger partial charge < -0.3 is 0 Å². The standard InChI is InChI=1S/C32H32N2O2/c1-33(23-25-15-7-3-8-16-25)29(31(35)27-19-11-5-12-20-27)30(32(36)28-21-13-6-14-22-28)34(2)24-26-17-9-4-10-18-26/h3-22,29-30H,23-24H2,1-2H3/t29-,30+. The predicted molar refractivity (Wildman–Crippen MR) is 145 cm³/mol. The highest BCUT2D eigenvalue weighted by molar-refractivity contribution is 6.08. The smallest absolute Gasteiger partial charge is 0.182 e. The monoisotopic (exact) mass is 476 g/mol. The van der Waals surface area contributed by atoms with E-state index in [2.05, 4.69) is 0 Å². The third kappa shape index (κ3) is 6.22. The van der Waals surface area contributed by atoms with Gasteiger partial charge in [-0.3, -0.25) is 19.4 Å². The molecule has 0 aliphatic heterocycles. The van der Waals surface area contributed by atoms with Gasteiger partial charge in [-0.05, 0) is 25.2 Å². The molecule has 0 heterocycles. The van der Waals surface area contributed by atoms with Gasteiger partial charge in [0.2, 0.25) is 0 Å². The zero-order valence-electron chi connectivity index (χ0n) is 20.8. The summed E-state index contributed by atoms with van der Waals surface area (Å²) >= 11 is 0. The first-order chi connectivity index (χ1) is 17.5. The minimum atomic E-state index is -0.686. The average Bonchev–Trinajstić information content (AvgIpc) is 2.93. The second kappa shape index (κ2) is 12.2. The van der Waals surface area contributed by atoms with Gasteiger partial charge in [0.15, 0.2) is 11.6 Å². The minimum absolute atomic E-state index is 0.0665. The van der Waals surface area contributed by atoms with Crippen LogP contribution in [-0.2, 0) is 13.1 Å². The molecule has 0 fully saturated rings. The molecule has 4 aromatic rings. The van der Waals surface area contributed by atoms with Gasteiger partial charge in [-0.25, -0.2) is 0 Å². The molecule has 0 aliphatic rings. The largest absolute Gasteiger partial charge is 0.292 e. The molecule has 0 unspecified atom stereocenters. The van der Waals surface area contributed by atoms with Crippen molar-refractivity contribution in [2.75, 3.05) is 14.1 Å². The molecule has 0 aromatic heterocycles. The number of carbonyl (C=O) groups excluding carboxylic acids is 2. The number of benzene rings is 4. The van der Waals surface area contributed by atoms with Gasteiger partial charge in [0.25, 0.3) is 0 Å². The van der Waals surface area contributed by atoms with Crippen molar-refractivity contribution in [1.82, 2.24) is 9.80 Å². The minimum Gasteiger partial charge on any atom is -0.292 e. The van der Waals surface area contributed by atoms with E-state index >= 15 is 0 Å². The van der Waals surface area contributed by atoms with E-state index in [1.54, 1.807) is 0 Å². The normalized spacial score (nSPS) is 12.9. The van der Waals surface area contributed by atoms with Crippen LogP contribution in [0.5, 0.6) is 0 Å². The molecule has 4 heteroatoms. The van der Waals surface area contributed by atoms with Crippen LogP contribution in [0, 0.1) is 0 Å². The summed E-state index contributed by atoms with van der Waals surface area (Å²) in [7, 11) is 3.86. The van der Waals surface area contributed by atoms with Crippen molar-refractivity contribution in [3.63, 3.8) is 0 Å². The van der Waals surface area contributed by atoms with Crippen LogP contribution >= 0.6 is 0 Å². The Bertz CT molecular complexity index is 1140. The Morgan fingerprint density at radius 3 is 1.08 bits per heavy atom. The fourth-order valence-electron chi connectivity index (χ4n) is 4.66. The average molecular weight is 477 g/mol. The summed E-state index contributed by atoms with van der Waals surface area (Å²) in [5.41, 5.74) is 3.37. The molecule has 0 bridgehead atoms. The van der Waals surface area contributed by atoms with E-state index < -0.39 is 12.1 Å². The molecule has 4 aromatic carbocycles. The van der Waals surface area contributed by atoms with E-state index in [-0.39, 0.29) is 11.6 Å². The van der Waals surface area contributed by atoms with Crippen LogP contribution in [0.25, 0.3) is 0 Å². The van der Waals surface area contributed by atoms with Crippen molar-refractivity contribution in [3.05, 3.63) is 144 Å². The van der Waals surface area contributed by atoms with Gasteiger partial charge in [0, 0.05) is 24.2 Å². The SMILES string of the molecule is CN(Cc1ccccc1)[C@H](C(=O)c1ccccc1)[C@H](C(=O)c1ccccc1)N(C)Cc1ccccc1. The molecular weight excluding hydrogens is 444 g/mol. The van der Waals surface area contributed by atoms with Crippen molar-refractivity contribution < 1.29 is 9.59 Å². The van der Waals surface area contributed by atoms with E-state index in [1.165, 1.54) is 0 Å². The highest BCUT2D eigenvalue weighted by Gasteiger charge is 2.40. The van der Waals surface area contributed by atoms with Crippen LogP contribution < -0.4 is 0 Å². The zero-order valence-corrected chi connectivity index (χ0v) is 20.8. The molecule has 0 amide bonds. The van der Waals surface area contributed by atoms with E-state index in [0.29, 0.717) is 24.2 Å². The quantitative estimate of drug-likeness (QED) is 0.258. The highest BCUT2D eigenvalue weighted by atomic mass is 16.1. The van der Waals surface area contributed by atoms with Gasteiger partial charge >= 0.3 is 0 Å². The van der Waals surface area contributed by atoms with E-state index in [0.717, 1.165) is 11.1 Å². The van der Waals surface area contributed by atoms with Crippen molar-refractivity contribution >= 4 is 11.6 Å². The zero-order chi connectivity index (χ0) is 25.3. The fraction of sp³-hybridized carbons (Fsp3) is 0.188. The molecule has 182 valence electrons. The number of hydrogen-bond acceptors (Lipinski definition) is 4. The number of rotatable bonds is 11. The van der Waals surface area contributed by atoms with Gasteiger partial charge in [-0.1, -0.05) is 121 Å². The van der Waals surface area contributed by atoms with Gasteiger partial charge in [-0.15, -0.1) is 0 Å². The molecule has 36 heavy (non-hydrogen) atoms. The third-order valence-corrected chi connectivity index (χ3v) is 6.45. The summed E-state index contributed by atoms with van der Waals surface area (Å²) in [6, 6.07) is 37.3. The van der Waals surface area contributed by atoms with E-state index in [9.17, 15) is 9.59 Å². The number of carbonyl (C=O) groups is 2. The molecule has 0 aliphatic carbocycles. The number of Topliss-reactive ketones (excluding diaryl/α,β-unsaturated/α-hetero) is 2. The van der Waals surface area contributed by atoms with E-state index in [4.69, 9.17) is 0 Å². The van der Waals surface area contributed by atoms with Gasteiger partial charge in [0.1, 0.15) is 0 Å². The third-order valence-electron chi connectivity index (χ3n) is 6.45. The van der Waals surface area contributed by atoms with E-state index in [1.807, 2.05) is 145 Å².